The Labute approximate surface area is 176 Å². The van der Waals surface area contributed by atoms with Crippen LogP contribution in [0.4, 0.5) is 13.2 Å². The SMILES string of the molecule is CN=C(NCC(=O)N(C)CC(F)(F)F)NCC1CN(CC(C)C)CCO1.I. The molecule has 1 aliphatic heterocycles. The van der Waals surface area contributed by atoms with Crippen molar-refractivity contribution < 1.29 is 22.7 Å². The maximum absolute atomic E-state index is 12.3. The lowest BCUT2D eigenvalue weighted by atomic mass is 10.2. The van der Waals surface area contributed by atoms with Crippen LogP contribution in [0.5, 0.6) is 0 Å². The molecule has 0 radical (unpaired) electrons. The number of hydrogen-bond donors (Lipinski definition) is 2. The smallest absolute Gasteiger partial charge is 0.374 e. The average molecular weight is 509 g/mol. The van der Waals surface area contributed by atoms with Gasteiger partial charge in [0.2, 0.25) is 5.91 Å². The summed E-state index contributed by atoms with van der Waals surface area (Å²) in [4.78, 5) is 18.7. The van der Waals surface area contributed by atoms with Gasteiger partial charge in [0.15, 0.2) is 5.96 Å². The van der Waals surface area contributed by atoms with Gasteiger partial charge in [0, 0.05) is 40.3 Å². The van der Waals surface area contributed by atoms with E-state index in [9.17, 15) is 18.0 Å². The summed E-state index contributed by atoms with van der Waals surface area (Å²) >= 11 is 0. The minimum Gasteiger partial charge on any atom is -0.374 e. The molecule has 0 bridgehead atoms. The molecule has 0 aromatic rings. The van der Waals surface area contributed by atoms with Gasteiger partial charge in [0.1, 0.15) is 6.54 Å². The van der Waals surface area contributed by atoms with Gasteiger partial charge in [-0.3, -0.25) is 14.7 Å². The lowest BCUT2D eigenvalue weighted by Crippen LogP contribution is -2.51. The quantitative estimate of drug-likeness (QED) is 0.306. The summed E-state index contributed by atoms with van der Waals surface area (Å²) in [6.45, 7) is 6.66. The number of aliphatic imine (C=N–C) groups is 1. The zero-order valence-electron chi connectivity index (χ0n) is 16.3. The fourth-order valence-electron chi connectivity index (χ4n) is 2.67. The van der Waals surface area contributed by atoms with Crippen molar-refractivity contribution >= 4 is 35.8 Å². The predicted octanol–water partition coefficient (Wildman–Crippen LogP) is 1.15. The van der Waals surface area contributed by atoms with Crippen LogP contribution in [-0.4, -0.2) is 93.9 Å². The first-order chi connectivity index (χ1) is 12.1. The molecule has 11 heteroatoms. The van der Waals surface area contributed by atoms with Gasteiger partial charge in [0.25, 0.3) is 0 Å². The van der Waals surface area contributed by atoms with E-state index in [0.717, 1.165) is 26.7 Å². The second kappa shape index (κ2) is 12.6. The molecule has 160 valence electrons. The van der Waals surface area contributed by atoms with Crippen LogP contribution in [0.1, 0.15) is 13.8 Å². The number of halogens is 4. The van der Waals surface area contributed by atoms with Gasteiger partial charge in [-0.05, 0) is 5.92 Å². The van der Waals surface area contributed by atoms with E-state index >= 15 is 0 Å². The van der Waals surface area contributed by atoms with Crippen molar-refractivity contribution in [2.75, 3.05) is 60.0 Å². The van der Waals surface area contributed by atoms with Crippen molar-refractivity contribution in [3.63, 3.8) is 0 Å². The highest BCUT2D eigenvalue weighted by Crippen LogP contribution is 2.15. The summed E-state index contributed by atoms with van der Waals surface area (Å²) in [5.74, 6) is 0.265. The minimum absolute atomic E-state index is 0. The molecule has 0 aliphatic carbocycles. The van der Waals surface area contributed by atoms with Crippen molar-refractivity contribution in [1.29, 1.82) is 0 Å². The molecular formula is C16H31F3IN5O2. The molecular weight excluding hydrogens is 478 g/mol. The van der Waals surface area contributed by atoms with Gasteiger partial charge in [-0.2, -0.15) is 13.2 Å². The Kier molecular flexibility index (Phi) is 12.2. The first kappa shape index (κ1) is 26.2. The number of nitrogens with zero attached hydrogens (tertiary/aromatic N) is 3. The van der Waals surface area contributed by atoms with Gasteiger partial charge >= 0.3 is 6.18 Å². The summed E-state index contributed by atoms with van der Waals surface area (Å²) in [7, 11) is 2.65. The molecule has 1 rings (SSSR count). The summed E-state index contributed by atoms with van der Waals surface area (Å²) < 4.78 is 42.6. The zero-order chi connectivity index (χ0) is 19.7. The highest BCUT2D eigenvalue weighted by atomic mass is 127. The number of nitrogens with one attached hydrogen (secondary N) is 2. The van der Waals surface area contributed by atoms with E-state index in [0.29, 0.717) is 29.9 Å². The largest absolute Gasteiger partial charge is 0.406 e. The third kappa shape index (κ3) is 11.6. The Morgan fingerprint density at radius 1 is 1.37 bits per heavy atom. The van der Waals surface area contributed by atoms with Crippen LogP contribution in [0, 0.1) is 5.92 Å². The molecule has 1 unspecified atom stereocenters. The van der Waals surface area contributed by atoms with E-state index in [1.54, 1.807) is 0 Å². The second-order valence-electron chi connectivity index (χ2n) is 6.82. The van der Waals surface area contributed by atoms with Crippen molar-refractivity contribution in [3.8, 4) is 0 Å². The standard InChI is InChI=1S/C16H30F3N5O2.HI/c1-12(2)9-24-5-6-26-13(10-24)7-21-15(20-3)22-8-14(25)23(4)11-16(17,18)19;/h12-13H,5-11H2,1-4H3,(H2,20,21,22);1H. The number of ether oxygens (including phenoxy) is 1. The second-order valence-corrected chi connectivity index (χ2v) is 6.82. The van der Waals surface area contributed by atoms with Crippen molar-refractivity contribution in [3.05, 3.63) is 0 Å². The molecule has 2 N–H and O–H groups in total. The number of guanidine groups is 1. The molecule has 0 aromatic heterocycles. The molecule has 0 spiro atoms. The Bertz CT molecular complexity index is 477. The van der Waals surface area contributed by atoms with Crippen LogP contribution in [0.3, 0.4) is 0 Å². The first-order valence-electron chi connectivity index (χ1n) is 8.70. The normalized spacial score (nSPS) is 18.8. The van der Waals surface area contributed by atoms with Gasteiger partial charge in [-0.1, -0.05) is 13.8 Å². The van der Waals surface area contributed by atoms with Crippen LogP contribution >= 0.6 is 24.0 Å². The number of carbonyl (C=O) groups excluding carboxylic acids is 1. The Balaban J connectivity index is 0.00000676. The predicted molar refractivity (Wildman–Crippen MR) is 109 cm³/mol. The van der Waals surface area contributed by atoms with Gasteiger partial charge in [-0.15, -0.1) is 24.0 Å². The van der Waals surface area contributed by atoms with Crippen LogP contribution < -0.4 is 10.6 Å². The van der Waals surface area contributed by atoms with Crippen LogP contribution in [0.2, 0.25) is 0 Å². The van der Waals surface area contributed by atoms with Crippen molar-refractivity contribution in [2.45, 2.75) is 26.1 Å². The topological polar surface area (TPSA) is 69.2 Å². The third-order valence-electron chi connectivity index (χ3n) is 3.82. The fraction of sp³-hybridized carbons (Fsp3) is 0.875. The molecule has 1 aliphatic rings. The zero-order valence-corrected chi connectivity index (χ0v) is 18.6. The number of rotatable bonds is 7. The van der Waals surface area contributed by atoms with Crippen molar-refractivity contribution in [2.24, 2.45) is 10.9 Å². The number of hydrogen-bond acceptors (Lipinski definition) is 4. The van der Waals surface area contributed by atoms with E-state index < -0.39 is 18.6 Å². The summed E-state index contributed by atoms with van der Waals surface area (Å²) in [6, 6.07) is 0. The van der Waals surface area contributed by atoms with E-state index in [-0.39, 0.29) is 36.6 Å². The summed E-state index contributed by atoms with van der Waals surface area (Å²) in [5.41, 5.74) is 0. The number of likely N-dealkylation sites (N-methyl/N-ethyl adjacent to an activating group) is 1. The summed E-state index contributed by atoms with van der Waals surface area (Å²) in [6.07, 6.45) is -4.42. The first-order valence-corrected chi connectivity index (χ1v) is 8.70. The van der Waals surface area contributed by atoms with Gasteiger partial charge in [0.05, 0.1) is 19.3 Å². The molecule has 1 saturated heterocycles. The molecule has 0 aromatic carbocycles. The minimum atomic E-state index is -4.41. The van der Waals surface area contributed by atoms with E-state index in [1.807, 2.05) is 0 Å². The lowest BCUT2D eigenvalue weighted by Gasteiger charge is -2.34. The number of carbonyl (C=O) groups is 1. The fourth-order valence-corrected chi connectivity index (χ4v) is 2.67. The molecule has 1 heterocycles. The van der Waals surface area contributed by atoms with Gasteiger partial charge < -0.3 is 20.3 Å². The molecule has 1 amide bonds. The van der Waals surface area contributed by atoms with Crippen molar-refractivity contribution in [1.82, 2.24) is 20.4 Å². The monoisotopic (exact) mass is 509 g/mol. The Hall–Kier alpha value is -0.820. The number of morpholine rings is 1. The molecule has 1 atom stereocenters. The Morgan fingerprint density at radius 3 is 2.59 bits per heavy atom. The average Bonchev–Trinajstić information content (AvgIpc) is 2.52. The lowest BCUT2D eigenvalue weighted by molar-refractivity contribution is -0.157. The van der Waals surface area contributed by atoms with Gasteiger partial charge in [-0.25, -0.2) is 0 Å². The number of alkyl halides is 3. The van der Waals surface area contributed by atoms with E-state index in [2.05, 4.69) is 34.4 Å². The van der Waals surface area contributed by atoms with E-state index in [4.69, 9.17) is 4.74 Å². The number of amides is 1. The molecule has 0 saturated carbocycles. The Morgan fingerprint density at radius 2 is 2.04 bits per heavy atom. The highest BCUT2D eigenvalue weighted by molar-refractivity contribution is 14.0. The third-order valence-corrected chi connectivity index (χ3v) is 3.82. The molecule has 27 heavy (non-hydrogen) atoms. The summed E-state index contributed by atoms with van der Waals surface area (Å²) in [5, 5.41) is 5.78. The van der Waals surface area contributed by atoms with Crippen LogP contribution in [0.25, 0.3) is 0 Å². The highest BCUT2D eigenvalue weighted by Gasteiger charge is 2.31. The van der Waals surface area contributed by atoms with E-state index in [1.165, 1.54) is 7.05 Å². The molecule has 1 fully saturated rings. The van der Waals surface area contributed by atoms with Crippen LogP contribution in [0.15, 0.2) is 4.99 Å². The maximum atomic E-state index is 12.3. The van der Waals surface area contributed by atoms with Crippen LogP contribution in [-0.2, 0) is 9.53 Å². The maximum Gasteiger partial charge on any atom is 0.406 e. The molecule has 7 nitrogen and oxygen atoms in total.